The highest BCUT2D eigenvalue weighted by Crippen LogP contribution is 2.16. The van der Waals surface area contributed by atoms with Crippen molar-refractivity contribution in [3.63, 3.8) is 0 Å². The Morgan fingerprint density at radius 3 is 2.23 bits per heavy atom. The van der Waals surface area contributed by atoms with E-state index in [9.17, 15) is 0 Å². The van der Waals surface area contributed by atoms with Crippen LogP contribution in [0, 0.1) is 0 Å². The average Bonchev–Trinajstić information content (AvgIpc) is 2.58. The van der Waals surface area contributed by atoms with Gasteiger partial charge in [0.25, 0.3) is 0 Å². The predicted octanol–water partition coefficient (Wildman–Crippen LogP) is 3.79. The molecule has 2 N–H and O–H groups in total. The van der Waals surface area contributed by atoms with Gasteiger partial charge >= 0.3 is 0 Å². The van der Waals surface area contributed by atoms with Crippen molar-refractivity contribution in [2.24, 2.45) is 0 Å². The molecule has 1 fully saturated rings. The summed E-state index contributed by atoms with van der Waals surface area (Å²) in [7, 11) is 0. The minimum atomic E-state index is 0.832. The van der Waals surface area contributed by atoms with Crippen LogP contribution in [0.15, 0.2) is 54.6 Å². The molecule has 116 valence electrons. The second-order valence-corrected chi connectivity index (χ2v) is 5.95. The number of benzene rings is 2. The Labute approximate surface area is 133 Å². The number of rotatable bonds is 6. The number of anilines is 1. The molecule has 0 amide bonds. The van der Waals surface area contributed by atoms with Crippen molar-refractivity contribution in [2.75, 3.05) is 18.5 Å². The second-order valence-electron chi connectivity index (χ2n) is 5.95. The lowest BCUT2D eigenvalue weighted by atomic mass is 10.1. The number of hydrogen-bond donors (Lipinski definition) is 2. The van der Waals surface area contributed by atoms with E-state index in [1.165, 1.54) is 43.5 Å². The summed E-state index contributed by atoms with van der Waals surface area (Å²) in [6, 6.07) is 19.0. The maximum atomic E-state index is 3.33. The summed E-state index contributed by atoms with van der Waals surface area (Å²) in [4.78, 5) is 2.58. The van der Waals surface area contributed by atoms with Crippen LogP contribution in [0.5, 0.6) is 0 Å². The summed E-state index contributed by atoms with van der Waals surface area (Å²) in [5.74, 6) is 0. The number of piperidine rings is 1. The van der Waals surface area contributed by atoms with Crippen molar-refractivity contribution in [1.29, 1.82) is 0 Å². The zero-order valence-corrected chi connectivity index (χ0v) is 13.1. The van der Waals surface area contributed by atoms with Crippen LogP contribution in [0.25, 0.3) is 0 Å². The van der Waals surface area contributed by atoms with Crippen LogP contribution in [0.3, 0.4) is 0 Å². The molecule has 2 aromatic rings. The third-order valence-corrected chi connectivity index (χ3v) is 4.25. The molecule has 0 bridgehead atoms. The van der Waals surface area contributed by atoms with E-state index >= 15 is 0 Å². The van der Waals surface area contributed by atoms with E-state index in [0.29, 0.717) is 0 Å². The summed E-state index contributed by atoms with van der Waals surface area (Å²) in [6.07, 6.45) is 4.08. The Bertz CT molecular complexity index is 562. The van der Waals surface area contributed by atoms with Gasteiger partial charge in [0.2, 0.25) is 0 Å². The second kappa shape index (κ2) is 7.97. The van der Waals surface area contributed by atoms with Gasteiger partial charge in [0.1, 0.15) is 0 Å². The Morgan fingerprint density at radius 2 is 1.45 bits per heavy atom. The number of hydrazine groups is 1. The van der Waals surface area contributed by atoms with Crippen LogP contribution < -0.4 is 10.9 Å². The van der Waals surface area contributed by atoms with E-state index < -0.39 is 0 Å². The SMILES string of the molecule is c1ccc(NNCc2ccccc2CN2CCCCC2)cc1. The van der Waals surface area contributed by atoms with E-state index in [1.807, 2.05) is 18.2 Å². The first-order chi connectivity index (χ1) is 10.9. The molecule has 3 heteroatoms. The fourth-order valence-corrected chi connectivity index (χ4v) is 3.01. The molecule has 0 aromatic heterocycles. The quantitative estimate of drug-likeness (QED) is 0.794. The molecule has 0 atom stereocenters. The fourth-order valence-electron chi connectivity index (χ4n) is 3.01. The third-order valence-electron chi connectivity index (χ3n) is 4.25. The highest BCUT2D eigenvalue weighted by Gasteiger charge is 2.12. The number of nitrogens with zero attached hydrogens (tertiary/aromatic N) is 1. The Morgan fingerprint density at radius 1 is 0.773 bits per heavy atom. The first-order valence-corrected chi connectivity index (χ1v) is 8.25. The lowest BCUT2D eigenvalue weighted by Gasteiger charge is -2.27. The van der Waals surface area contributed by atoms with Crippen molar-refractivity contribution in [1.82, 2.24) is 10.3 Å². The van der Waals surface area contributed by atoms with Crippen molar-refractivity contribution in [3.05, 3.63) is 65.7 Å². The van der Waals surface area contributed by atoms with Gasteiger partial charge in [-0.25, -0.2) is 5.43 Å². The first-order valence-electron chi connectivity index (χ1n) is 8.25. The van der Waals surface area contributed by atoms with Crippen molar-refractivity contribution >= 4 is 5.69 Å². The Hall–Kier alpha value is -1.84. The monoisotopic (exact) mass is 295 g/mol. The normalized spacial score (nSPS) is 15.6. The molecule has 1 heterocycles. The topological polar surface area (TPSA) is 27.3 Å². The molecule has 0 saturated carbocycles. The van der Waals surface area contributed by atoms with Crippen LogP contribution in [-0.2, 0) is 13.1 Å². The van der Waals surface area contributed by atoms with E-state index in [2.05, 4.69) is 52.1 Å². The van der Waals surface area contributed by atoms with Gasteiger partial charge in [-0.2, -0.15) is 0 Å². The van der Waals surface area contributed by atoms with Crippen LogP contribution >= 0.6 is 0 Å². The minimum absolute atomic E-state index is 0.832. The van der Waals surface area contributed by atoms with Crippen LogP contribution in [0.2, 0.25) is 0 Å². The van der Waals surface area contributed by atoms with Gasteiger partial charge in [0.15, 0.2) is 0 Å². The first kappa shape index (κ1) is 15.1. The van der Waals surface area contributed by atoms with Crippen LogP contribution in [0.4, 0.5) is 5.69 Å². The molecule has 22 heavy (non-hydrogen) atoms. The van der Waals surface area contributed by atoms with E-state index in [-0.39, 0.29) is 0 Å². The van der Waals surface area contributed by atoms with Crippen molar-refractivity contribution in [2.45, 2.75) is 32.4 Å². The van der Waals surface area contributed by atoms with Gasteiger partial charge in [-0.1, -0.05) is 48.9 Å². The maximum absolute atomic E-state index is 3.33. The molecule has 3 nitrogen and oxygen atoms in total. The summed E-state index contributed by atoms with van der Waals surface area (Å²) >= 11 is 0. The van der Waals surface area contributed by atoms with Crippen LogP contribution in [-0.4, -0.2) is 18.0 Å². The Kier molecular flexibility index (Phi) is 5.46. The van der Waals surface area contributed by atoms with Gasteiger partial charge in [-0.15, -0.1) is 0 Å². The average molecular weight is 295 g/mol. The van der Waals surface area contributed by atoms with Crippen molar-refractivity contribution in [3.8, 4) is 0 Å². The lowest BCUT2D eigenvalue weighted by molar-refractivity contribution is 0.220. The minimum Gasteiger partial charge on any atom is -0.321 e. The molecule has 1 aliphatic rings. The number of hydrogen-bond acceptors (Lipinski definition) is 3. The van der Waals surface area contributed by atoms with Crippen molar-refractivity contribution < 1.29 is 0 Å². The summed E-state index contributed by atoms with van der Waals surface area (Å²) in [5.41, 5.74) is 10.5. The predicted molar refractivity (Wildman–Crippen MR) is 92.5 cm³/mol. The van der Waals surface area contributed by atoms with Gasteiger partial charge in [-0.05, 0) is 49.2 Å². The summed E-state index contributed by atoms with van der Waals surface area (Å²) in [5, 5.41) is 0. The standard InChI is InChI=1S/C19H25N3/c1-3-11-19(12-4-1)21-20-15-17-9-5-6-10-18(17)16-22-13-7-2-8-14-22/h1,3-6,9-12,20-21H,2,7-8,13-16H2. The number of likely N-dealkylation sites (tertiary alicyclic amines) is 1. The molecule has 3 rings (SSSR count). The fraction of sp³-hybridized carbons (Fsp3) is 0.368. The van der Waals surface area contributed by atoms with E-state index in [4.69, 9.17) is 0 Å². The molecule has 2 aromatic carbocycles. The van der Waals surface area contributed by atoms with E-state index in [1.54, 1.807) is 0 Å². The van der Waals surface area contributed by atoms with Gasteiger partial charge in [0.05, 0.1) is 0 Å². The number of para-hydroxylation sites is 1. The smallest absolute Gasteiger partial charge is 0.0487 e. The molecule has 1 saturated heterocycles. The summed E-state index contributed by atoms with van der Waals surface area (Å²) < 4.78 is 0. The molecular formula is C19H25N3. The largest absolute Gasteiger partial charge is 0.321 e. The Balaban J connectivity index is 1.56. The maximum Gasteiger partial charge on any atom is 0.0487 e. The molecule has 0 spiro atoms. The van der Waals surface area contributed by atoms with E-state index in [0.717, 1.165) is 18.8 Å². The molecule has 1 aliphatic heterocycles. The zero-order valence-electron chi connectivity index (χ0n) is 13.1. The highest BCUT2D eigenvalue weighted by atomic mass is 15.3. The third kappa shape index (κ3) is 4.33. The van der Waals surface area contributed by atoms with Gasteiger partial charge in [-0.3, -0.25) is 4.90 Å². The lowest BCUT2D eigenvalue weighted by Crippen LogP contribution is -2.30. The number of nitrogens with one attached hydrogen (secondary N) is 2. The van der Waals surface area contributed by atoms with Gasteiger partial charge in [0, 0.05) is 18.8 Å². The molecule has 0 radical (unpaired) electrons. The molecule has 0 unspecified atom stereocenters. The highest BCUT2D eigenvalue weighted by molar-refractivity contribution is 5.41. The molecule has 0 aliphatic carbocycles. The molecular weight excluding hydrogens is 270 g/mol. The summed E-state index contributed by atoms with van der Waals surface area (Å²) in [6.45, 7) is 4.39. The zero-order chi connectivity index (χ0) is 15.0. The van der Waals surface area contributed by atoms with Gasteiger partial charge < -0.3 is 5.43 Å². The van der Waals surface area contributed by atoms with Crippen LogP contribution in [0.1, 0.15) is 30.4 Å².